The molecule has 0 aliphatic heterocycles. The molecule has 0 aliphatic carbocycles. The molecule has 1 amide bonds. The molecule has 1 unspecified atom stereocenters. The highest BCUT2D eigenvalue weighted by Gasteiger charge is 2.30. The van der Waals surface area contributed by atoms with Crippen molar-refractivity contribution in [3.63, 3.8) is 0 Å². The van der Waals surface area contributed by atoms with Crippen LogP contribution in [0.25, 0.3) is 0 Å². The highest BCUT2D eigenvalue weighted by atomic mass is 16.6. The molecule has 20 heavy (non-hydrogen) atoms. The summed E-state index contributed by atoms with van der Waals surface area (Å²) in [4.78, 5) is 35.3. The molecule has 110 valence electrons. The number of nitro groups is 1. The van der Waals surface area contributed by atoms with E-state index < -0.39 is 28.9 Å². The summed E-state index contributed by atoms with van der Waals surface area (Å²) in [6.07, 6.45) is 2.38. The number of hydrogen-bond acceptors (Lipinski definition) is 6. The predicted octanol–water partition coefficient (Wildman–Crippen LogP) is -0.867. The average molecular weight is 286 g/mol. The van der Waals surface area contributed by atoms with Crippen LogP contribution in [0.4, 0.5) is 5.82 Å². The van der Waals surface area contributed by atoms with Gasteiger partial charge in [-0.2, -0.15) is 0 Å². The van der Waals surface area contributed by atoms with Crippen molar-refractivity contribution in [3.8, 4) is 0 Å². The van der Waals surface area contributed by atoms with E-state index in [2.05, 4.69) is 10.3 Å². The molecule has 1 rings (SSSR count). The number of carboxylic acid groups (broad SMARTS) is 1. The van der Waals surface area contributed by atoms with E-state index in [1.54, 1.807) is 0 Å². The molecular weight excluding hydrogens is 272 g/mol. The topological polar surface area (TPSA) is 148 Å². The van der Waals surface area contributed by atoms with Gasteiger partial charge in [-0.1, -0.05) is 0 Å². The van der Waals surface area contributed by atoms with Crippen molar-refractivity contribution in [1.29, 1.82) is 0 Å². The van der Waals surface area contributed by atoms with Crippen LogP contribution >= 0.6 is 0 Å². The maximum absolute atomic E-state index is 11.4. The van der Waals surface area contributed by atoms with Crippen molar-refractivity contribution >= 4 is 17.7 Å². The third-order valence-electron chi connectivity index (χ3n) is 2.49. The number of hydrogen-bond donors (Lipinski definition) is 3. The largest absolute Gasteiger partial charge is 0.479 e. The standard InChI is InChI=1S/C10H14N4O6/c1-10(18,9(16)17)5-11-8(15)2-3-13-4-7(12-6-13)14(19)20/h4,6,18H,2-3,5H2,1H3,(H,11,15)(H,16,17). The number of rotatable bonds is 7. The second kappa shape index (κ2) is 6.10. The van der Waals surface area contributed by atoms with Crippen LogP contribution in [-0.2, 0) is 16.1 Å². The molecular formula is C10H14N4O6. The lowest BCUT2D eigenvalue weighted by molar-refractivity contribution is -0.389. The first-order valence-electron chi connectivity index (χ1n) is 5.61. The number of imidazole rings is 1. The maximum atomic E-state index is 11.4. The number of aryl methyl sites for hydroxylation is 1. The predicted molar refractivity (Wildman–Crippen MR) is 64.8 cm³/mol. The highest BCUT2D eigenvalue weighted by Crippen LogP contribution is 2.06. The maximum Gasteiger partial charge on any atom is 0.381 e. The van der Waals surface area contributed by atoms with Crippen LogP contribution in [0.15, 0.2) is 12.5 Å². The number of carboxylic acids is 1. The minimum Gasteiger partial charge on any atom is -0.479 e. The third kappa shape index (κ3) is 4.31. The van der Waals surface area contributed by atoms with Crippen molar-refractivity contribution in [3.05, 3.63) is 22.6 Å². The number of aliphatic carboxylic acids is 1. The van der Waals surface area contributed by atoms with E-state index in [9.17, 15) is 24.8 Å². The minimum absolute atomic E-state index is 0.0246. The van der Waals surface area contributed by atoms with Gasteiger partial charge in [-0.05, 0) is 16.8 Å². The number of aliphatic hydroxyl groups is 1. The molecule has 0 aromatic carbocycles. The smallest absolute Gasteiger partial charge is 0.381 e. The molecule has 0 saturated heterocycles. The summed E-state index contributed by atoms with van der Waals surface area (Å²) in [6.45, 7) is 0.794. The number of nitrogens with zero attached hydrogens (tertiary/aromatic N) is 3. The molecule has 1 aromatic heterocycles. The number of aromatic nitrogens is 2. The Morgan fingerprint density at radius 2 is 2.25 bits per heavy atom. The molecule has 0 saturated carbocycles. The first kappa shape index (κ1) is 15.6. The van der Waals surface area contributed by atoms with Crippen LogP contribution < -0.4 is 5.32 Å². The summed E-state index contributed by atoms with van der Waals surface area (Å²) >= 11 is 0. The number of carbonyl (C=O) groups excluding carboxylic acids is 1. The number of nitrogens with one attached hydrogen (secondary N) is 1. The van der Waals surface area contributed by atoms with Crippen LogP contribution in [0.5, 0.6) is 0 Å². The second-order valence-electron chi connectivity index (χ2n) is 4.33. The normalized spacial score (nSPS) is 13.5. The lowest BCUT2D eigenvalue weighted by atomic mass is 10.1. The molecule has 3 N–H and O–H groups in total. The average Bonchev–Trinajstić information content (AvgIpc) is 2.82. The SMILES string of the molecule is CC(O)(CNC(=O)CCn1cnc([N+](=O)[O-])c1)C(=O)O. The first-order valence-corrected chi connectivity index (χ1v) is 5.61. The van der Waals surface area contributed by atoms with Crippen molar-refractivity contribution in [1.82, 2.24) is 14.9 Å². The second-order valence-corrected chi connectivity index (χ2v) is 4.33. The van der Waals surface area contributed by atoms with Crippen LogP contribution in [0.3, 0.4) is 0 Å². The van der Waals surface area contributed by atoms with Gasteiger partial charge in [0.05, 0.1) is 6.54 Å². The van der Waals surface area contributed by atoms with Gasteiger partial charge in [0.25, 0.3) is 0 Å². The van der Waals surface area contributed by atoms with E-state index in [1.807, 2.05) is 0 Å². The zero-order valence-electron chi connectivity index (χ0n) is 10.6. The fourth-order valence-electron chi connectivity index (χ4n) is 1.23. The lowest BCUT2D eigenvalue weighted by Gasteiger charge is -2.18. The van der Waals surface area contributed by atoms with Crippen LogP contribution in [0.1, 0.15) is 13.3 Å². The Morgan fingerprint density at radius 3 is 2.75 bits per heavy atom. The summed E-state index contributed by atoms with van der Waals surface area (Å²) < 4.78 is 1.37. The van der Waals surface area contributed by atoms with Gasteiger partial charge in [-0.15, -0.1) is 0 Å². The molecule has 10 nitrogen and oxygen atoms in total. The molecule has 0 radical (unpaired) electrons. The molecule has 1 aromatic rings. The van der Waals surface area contributed by atoms with E-state index in [1.165, 1.54) is 17.1 Å². The van der Waals surface area contributed by atoms with Crippen molar-refractivity contribution < 1.29 is 24.7 Å². The van der Waals surface area contributed by atoms with Crippen LogP contribution in [0, 0.1) is 10.1 Å². The summed E-state index contributed by atoms with van der Waals surface area (Å²) in [6, 6.07) is 0. The van der Waals surface area contributed by atoms with E-state index in [0.717, 1.165) is 6.92 Å². The van der Waals surface area contributed by atoms with Crippen molar-refractivity contribution in [2.45, 2.75) is 25.5 Å². The Hall–Kier alpha value is -2.49. The first-order chi connectivity index (χ1) is 9.22. The van der Waals surface area contributed by atoms with E-state index in [-0.39, 0.29) is 18.8 Å². The minimum atomic E-state index is -2.04. The van der Waals surface area contributed by atoms with E-state index >= 15 is 0 Å². The molecule has 0 bridgehead atoms. The van der Waals surface area contributed by atoms with Gasteiger partial charge >= 0.3 is 11.8 Å². The van der Waals surface area contributed by atoms with Gasteiger partial charge in [0, 0.05) is 13.0 Å². The van der Waals surface area contributed by atoms with Gasteiger partial charge in [0.2, 0.25) is 12.2 Å². The Labute approximate surface area is 113 Å². The monoisotopic (exact) mass is 286 g/mol. The fraction of sp³-hybridized carbons (Fsp3) is 0.500. The third-order valence-corrected chi connectivity index (χ3v) is 2.49. The molecule has 1 heterocycles. The highest BCUT2D eigenvalue weighted by molar-refractivity contribution is 5.80. The van der Waals surface area contributed by atoms with Gasteiger partial charge in [0.15, 0.2) is 5.60 Å². The number of amides is 1. The number of carbonyl (C=O) groups is 2. The summed E-state index contributed by atoms with van der Waals surface area (Å²) in [5.74, 6) is -2.25. The van der Waals surface area contributed by atoms with Gasteiger partial charge in [-0.25, -0.2) is 4.79 Å². The molecule has 1 atom stereocenters. The Bertz CT molecular complexity index is 524. The fourth-order valence-corrected chi connectivity index (χ4v) is 1.23. The van der Waals surface area contributed by atoms with Gasteiger partial charge < -0.3 is 30.2 Å². The van der Waals surface area contributed by atoms with Gasteiger partial charge in [-0.3, -0.25) is 4.79 Å². The van der Waals surface area contributed by atoms with E-state index in [0.29, 0.717) is 0 Å². The summed E-state index contributed by atoms with van der Waals surface area (Å²) in [5, 5.41) is 30.7. The zero-order chi connectivity index (χ0) is 15.3. The Morgan fingerprint density at radius 1 is 1.60 bits per heavy atom. The molecule has 0 aliphatic rings. The van der Waals surface area contributed by atoms with Crippen molar-refractivity contribution in [2.75, 3.05) is 6.54 Å². The zero-order valence-corrected chi connectivity index (χ0v) is 10.6. The molecule has 10 heteroatoms. The quantitative estimate of drug-likeness (QED) is 0.436. The molecule has 0 fully saturated rings. The Kier molecular flexibility index (Phi) is 4.75. The van der Waals surface area contributed by atoms with Crippen LogP contribution in [-0.4, -0.2) is 48.7 Å². The molecule has 0 spiro atoms. The van der Waals surface area contributed by atoms with Crippen LogP contribution in [0.2, 0.25) is 0 Å². The van der Waals surface area contributed by atoms with E-state index in [4.69, 9.17) is 5.11 Å². The Balaban J connectivity index is 2.40. The van der Waals surface area contributed by atoms with Crippen molar-refractivity contribution in [2.24, 2.45) is 0 Å². The summed E-state index contributed by atoms with van der Waals surface area (Å²) in [7, 11) is 0. The lowest BCUT2D eigenvalue weighted by Crippen LogP contribution is -2.46. The summed E-state index contributed by atoms with van der Waals surface area (Å²) in [5.41, 5.74) is -2.04. The van der Waals surface area contributed by atoms with Gasteiger partial charge in [0.1, 0.15) is 6.20 Å².